The number of aryl methyl sites for hydroxylation is 1. The molecule has 2 N–H and O–H groups in total. The predicted molar refractivity (Wildman–Crippen MR) is 216 cm³/mol. The number of nitrogens with zero attached hydrogens (tertiary/aromatic N) is 4. The van der Waals surface area contributed by atoms with Crippen LogP contribution in [0, 0.1) is 17.8 Å². The second-order valence-electron chi connectivity index (χ2n) is 16.6. The molecule has 290 valence electrons. The number of carbonyl (C=O) groups is 4. The van der Waals surface area contributed by atoms with E-state index in [9.17, 15) is 24.3 Å². The van der Waals surface area contributed by atoms with Crippen molar-refractivity contribution in [3.63, 3.8) is 0 Å². The maximum absolute atomic E-state index is 13.3. The first-order chi connectivity index (χ1) is 27.3. The Kier molecular flexibility index (Phi) is 10.00. The molecule has 10 heteroatoms. The maximum Gasteiger partial charge on any atom is 0.262 e. The van der Waals surface area contributed by atoms with E-state index in [1.165, 1.54) is 41.6 Å². The number of imide groups is 2. The highest BCUT2D eigenvalue weighted by atomic mass is 16.3. The van der Waals surface area contributed by atoms with Crippen LogP contribution >= 0.6 is 0 Å². The fourth-order valence-electron chi connectivity index (χ4n) is 10.3. The molecule has 4 amide bonds. The normalized spacial score (nSPS) is 25.8. The zero-order valence-corrected chi connectivity index (χ0v) is 31.9. The maximum atomic E-state index is 13.3. The Morgan fingerprint density at radius 3 is 2.21 bits per heavy atom. The number of rotatable bonds is 8. The van der Waals surface area contributed by atoms with Crippen LogP contribution in [-0.4, -0.2) is 90.4 Å². The molecule has 9 rings (SSSR count). The molecule has 4 atom stereocenters. The van der Waals surface area contributed by atoms with Gasteiger partial charge >= 0.3 is 0 Å². The van der Waals surface area contributed by atoms with Gasteiger partial charge in [0.05, 0.1) is 11.1 Å². The third kappa shape index (κ3) is 7.04. The van der Waals surface area contributed by atoms with Gasteiger partial charge in [0.2, 0.25) is 11.8 Å². The summed E-state index contributed by atoms with van der Waals surface area (Å²) in [6.45, 7) is 6.81. The van der Waals surface area contributed by atoms with Crippen molar-refractivity contribution in [2.24, 2.45) is 17.8 Å². The molecule has 2 unspecified atom stereocenters. The molecule has 2 aliphatic carbocycles. The van der Waals surface area contributed by atoms with Crippen LogP contribution in [0.5, 0.6) is 5.75 Å². The second kappa shape index (κ2) is 15.4. The van der Waals surface area contributed by atoms with Gasteiger partial charge in [-0.2, -0.15) is 0 Å². The molecule has 0 radical (unpaired) electrons. The SMILES string of the molecule is O=C1CCC(N2C(=O)c3ccc(N4CCN(CCC5CCN(c6ccc([C@@H]7c8ccc(O)cc8CC[C@@H]7C7C=CC=CC7)cc6)CC5)CC4)cc3C2=O)C(=O)N1. The molecule has 10 nitrogen and oxygen atoms in total. The van der Waals surface area contributed by atoms with Crippen LogP contribution in [0.2, 0.25) is 0 Å². The molecule has 3 aromatic rings. The fraction of sp³-hybridized carbons (Fsp3) is 0.435. The minimum absolute atomic E-state index is 0.107. The summed E-state index contributed by atoms with van der Waals surface area (Å²) in [5.41, 5.74) is 6.90. The lowest BCUT2D eigenvalue weighted by molar-refractivity contribution is -0.136. The van der Waals surface area contributed by atoms with Gasteiger partial charge in [-0.1, -0.05) is 42.5 Å². The molecule has 0 saturated carbocycles. The van der Waals surface area contributed by atoms with E-state index in [0.29, 0.717) is 40.5 Å². The number of anilines is 2. The van der Waals surface area contributed by atoms with Crippen molar-refractivity contribution in [2.75, 3.05) is 55.6 Å². The van der Waals surface area contributed by atoms with E-state index >= 15 is 0 Å². The number of benzene rings is 3. The molecule has 4 heterocycles. The predicted octanol–water partition coefficient (Wildman–Crippen LogP) is 6.05. The van der Waals surface area contributed by atoms with Gasteiger partial charge in [-0.25, -0.2) is 0 Å². The number of phenols is 1. The molecular formula is C46H51N5O5. The minimum Gasteiger partial charge on any atom is -0.508 e. The van der Waals surface area contributed by atoms with Crippen LogP contribution in [-0.2, 0) is 16.0 Å². The summed E-state index contributed by atoms with van der Waals surface area (Å²) in [6.07, 6.45) is 16.2. The average Bonchev–Trinajstić information content (AvgIpc) is 3.48. The number of aromatic hydroxyl groups is 1. The zero-order chi connectivity index (χ0) is 38.3. The molecule has 3 saturated heterocycles. The summed E-state index contributed by atoms with van der Waals surface area (Å²) < 4.78 is 0. The lowest BCUT2D eigenvalue weighted by Gasteiger charge is -2.39. The molecule has 4 aliphatic heterocycles. The van der Waals surface area contributed by atoms with E-state index in [-0.39, 0.29) is 18.7 Å². The third-order valence-corrected chi connectivity index (χ3v) is 13.4. The topological polar surface area (TPSA) is 114 Å². The summed E-state index contributed by atoms with van der Waals surface area (Å²) in [5.74, 6) is 0.558. The Labute approximate surface area is 328 Å². The Morgan fingerprint density at radius 1 is 0.714 bits per heavy atom. The van der Waals surface area contributed by atoms with E-state index in [4.69, 9.17) is 0 Å². The summed E-state index contributed by atoms with van der Waals surface area (Å²) in [7, 11) is 0. The summed E-state index contributed by atoms with van der Waals surface area (Å²) in [5, 5.41) is 12.5. The summed E-state index contributed by atoms with van der Waals surface area (Å²) >= 11 is 0. The highest BCUT2D eigenvalue weighted by molar-refractivity contribution is 6.23. The molecular weight excluding hydrogens is 703 g/mol. The number of nitrogens with one attached hydrogen (secondary N) is 1. The average molecular weight is 754 g/mol. The van der Waals surface area contributed by atoms with Crippen LogP contribution in [0.1, 0.15) is 88.3 Å². The van der Waals surface area contributed by atoms with E-state index in [0.717, 1.165) is 75.7 Å². The molecule has 0 aromatic heterocycles. The Balaban J connectivity index is 0.759. The van der Waals surface area contributed by atoms with E-state index < -0.39 is 23.8 Å². The molecule has 3 fully saturated rings. The number of piperidine rings is 2. The van der Waals surface area contributed by atoms with Crippen LogP contribution in [0.3, 0.4) is 0 Å². The Morgan fingerprint density at radius 2 is 1.46 bits per heavy atom. The van der Waals surface area contributed by atoms with Gasteiger partial charge in [-0.3, -0.25) is 34.3 Å². The van der Waals surface area contributed by atoms with Crippen LogP contribution in [0.15, 0.2) is 85.0 Å². The number of hydrogen-bond donors (Lipinski definition) is 2. The molecule has 56 heavy (non-hydrogen) atoms. The number of carbonyl (C=O) groups excluding carboxylic acids is 4. The number of piperazine rings is 1. The first kappa shape index (κ1) is 36.4. The molecule has 0 spiro atoms. The fourth-order valence-corrected chi connectivity index (χ4v) is 10.3. The molecule has 3 aromatic carbocycles. The van der Waals surface area contributed by atoms with Crippen molar-refractivity contribution in [3.05, 3.63) is 113 Å². The third-order valence-electron chi connectivity index (χ3n) is 13.4. The largest absolute Gasteiger partial charge is 0.508 e. The minimum atomic E-state index is -0.954. The van der Waals surface area contributed by atoms with E-state index in [1.807, 2.05) is 18.2 Å². The quantitative estimate of drug-likeness (QED) is 0.268. The molecule has 0 bridgehead atoms. The van der Waals surface area contributed by atoms with Crippen molar-refractivity contribution in [1.29, 1.82) is 0 Å². The standard InChI is InChI=1S/C46H51N5O5/c52-36-12-15-38-33(28-36)8-13-37(31-4-2-1-3-5-31)43(38)32-6-9-34(10-7-32)49-22-19-30(20-23-49)18-21-48-24-26-50(27-25-48)35-11-14-39-40(29-35)46(56)51(45(39)55)41-16-17-42(53)47-44(41)54/h1-4,6-7,9-12,14-15,28-31,37,41,43,52H,5,8,13,16-27H2,(H,47,53,54)/t31?,37-,41?,43+/m1/s1. The number of phenolic OH excluding ortho intramolecular Hbond substituents is 1. The lowest BCUT2D eigenvalue weighted by atomic mass is 9.66. The van der Waals surface area contributed by atoms with Gasteiger partial charge in [0, 0.05) is 63.0 Å². The highest BCUT2D eigenvalue weighted by Gasteiger charge is 2.45. The van der Waals surface area contributed by atoms with Crippen molar-refractivity contribution in [2.45, 2.75) is 63.3 Å². The summed E-state index contributed by atoms with van der Waals surface area (Å²) in [4.78, 5) is 58.9. The number of fused-ring (bicyclic) bond motifs is 2. The number of allylic oxidation sites excluding steroid dienone is 4. The lowest BCUT2D eigenvalue weighted by Crippen LogP contribution is -2.54. The zero-order valence-electron chi connectivity index (χ0n) is 31.9. The van der Waals surface area contributed by atoms with Gasteiger partial charge in [-0.15, -0.1) is 0 Å². The van der Waals surface area contributed by atoms with Crippen LogP contribution < -0.4 is 15.1 Å². The van der Waals surface area contributed by atoms with Crippen LogP contribution in [0.4, 0.5) is 11.4 Å². The van der Waals surface area contributed by atoms with Crippen molar-refractivity contribution in [3.8, 4) is 5.75 Å². The van der Waals surface area contributed by atoms with Gasteiger partial charge in [0.1, 0.15) is 11.8 Å². The van der Waals surface area contributed by atoms with Crippen molar-refractivity contribution in [1.82, 2.24) is 15.1 Å². The van der Waals surface area contributed by atoms with Crippen LogP contribution in [0.25, 0.3) is 0 Å². The van der Waals surface area contributed by atoms with E-state index in [1.54, 1.807) is 12.1 Å². The van der Waals surface area contributed by atoms with Gasteiger partial charge in [0.25, 0.3) is 11.8 Å². The Bertz CT molecular complexity index is 2080. The van der Waals surface area contributed by atoms with Crippen molar-refractivity contribution < 1.29 is 24.3 Å². The summed E-state index contributed by atoms with van der Waals surface area (Å²) in [6, 6.07) is 19.8. The number of hydrogen-bond acceptors (Lipinski definition) is 8. The van der Waals surface area contributed by atoms with Gasteiger partial charge in [-0.05, 0) is 128 Å². The van der Waals surface area contributed by atoms with Gasteiger partial charge < -0.3 is 14.9 Å². The smallest absolute Gasteiger partial charge is 0.262 e. The monoisotopic (exact) mass is 753 g/mol. The first-order valence-corrected chi connectivity index (χ1v) is 20.6. The number of amides is 4. The highest BCUT2D eigenvalue weighted by Crippen LogP contribution is 2.47. The van der Waals surface area contributed by atoms with E-state index in [2.05, 4.69) is 74.7 Å². The second-order valence-corrected chi connectivity index (χ2v) is 16.6. The molecule has 6 aliphatic rings. The van der Waals surface area contributed by atoms with Crippen molar-refractivity contribution >= 4 is 35.0 Å². The van der Waals surface area contributed by atoms with Gasteiger partial charge in [0.15, 0.2) is 0 Å². The first-order valence-electron chi connectivity index (χ1n) is 20.6. The Hall–Kier alpha value is -5.22.